The number of benzene rings is 2. The number of aromatic nitrogens is 5. The molecule has 0 spiro atoms. The van der Waals surface area contributed by atoms with Gasteiger partial charge in [-0.1, -0.05) is 72.0 Å². The second kappa shape index (κ2) is 9.24. The van der Waals surface area contributed by atoms with E-state index in [0.717, 1.165) is 32.2 Å². The van der Waals surface area contributed by atoms with Gasteiger partial charge in [-0.3, -0.25) is 9.59 Å². The predicted octanol–water partition coefficient (Wildman–Crippen LogP) is 4.07. The average Bonchev–Trinajstić information content (AvgIpc) is 3.47. The lowest BCUT2D eigenvalue weighted by molar-refractivity contribution is -0.117. The van der Waals surface area contributed by atoms with Crippen LogP contribution in [0.3, 0.4) is 0 Å². The van der Waals surface area contributed by atoms with Crippen molar-refractivity contribution in [3.05, 3.63) is 95.5 Å². The number of nitrogens with one attached hydrogen (secondary N) is 1. The summed E-state index contributed by atoms with van der Waals surface area (Å²) < 4.78 is 3.06. The molecule has 0 atom stereocenters. The normalized spacial score (nSPS) is 10.9. The van der Waals surface area contributed by atoms with Crippen LogP contribution in [0, 0.1) is 0 Å². The molecule has 0 radical (unpaired) electrons. The number of aryl methyl sites for hydroxylation is 1. The molecule has 3 heterocycles. The maximum Gasteiger partial charge on any atom is 0.267 e. The Kier molecular flexibility index (Phi) is 5.84. The molecule has 2 aromatic carbocycles. The van der Waals surface area contributed by atoms with Crippen molar-refractivity contribution in [2.45, 2.75) is 6.54 Å². The van der Waals surface area contributed by atoms with E-state index in [2.05, 4.69) is 20.4 Å². The number of carbonyl (C=O) groups is 1. The number of rotatable bonds is 6. The quantitative estimate of drug-likeness (QED) is 0.405. The van der Waals surface area contributed by atoms with Crippen LogP contribution in [-0.4, -0.2) is 30.2 Å². The molecule has 0 aliphatic heterocycles. The Morgan fingerprint density at radius 1 is 0.971 bits per heavy atom. The maximum absolute atomic E-state index is 12.8. The highest BCUT2D eigenvalue weighted by atomic mass is 32.1. The zero-order chi connectivity index (χ0) is 23.5. The molecule has 1 amide bonds. The van der Waals surface area contributed by atoms with E-state index in [-0.39, 0.29) is 18.0 Å². The fraction of sp³-hybridized carbons (Fsp3) is 0.0800. The molecule has 0 aliphatic rings. The van der Waals surface area contributed by atoms with E-state index in [0.29, 0.717) is 10.8 Å². The minimum absolute atomic E-state index is 0.225. The lowest BCUT2D eigenvalue weighted by atomic mass is 10.1. The number of thiazole rings is 1. The maximum atomic E-state index is 12.8. The van der Waals surface area contributed by atoms with Crippen molar-refractivity contribution in [1.29, 1.82) is 0 Å². The SMILES string of the molecule is Cn1ccnc1-c1sc(NC(=O)Cn2nc(-c3ccccc3)ccc2=O)nc1-c1ccccc1. The summed E-state index contributed by atoms with van der Waals surface area (Å²) in [6.07, 6.45) is 3.58. The first-order chi connectivity index (χ1) is 16.6. The molecule has 0 aliphatic carbocycles. The van der Waals surface area contributed by atoms with Gasteiger partial charge in [0.15, 0.2) is 11.0 Å². The third kappa shape index (κ3) is 4.41. The Bertz CT molecular complexity index is 1510. The molecule has 0 bridgehead atoms. The first kappa shape index (κ1) is 21.5. The number of carbonyl (C=O) groups excluding carboxylic acids is 1. The second-order valence-electron chi connectivity index (χ2n) is 7.55. The van der Waals surface area contributed by atoms with Crippen molar-refractivity contribution >= 4 is 22.4 Å². The smallest absolute Gasteiger partial charge is 0.267 e. The Morgan fingerprint density at radius 2 is 1.68 bits per heavy atom. The van der Waals surface area contributed by atoms with Crippen molar-refractivity contribution in [2.75, 3.05) is 5.32 Å². The van der Waals surface area contributed by atoms with Gasteiger partial charge in [0, 0.05) is 36.6 Å². The molecule has 0 saturated heterocycles. The summed E-state index contributed by atoms with van der Waals surface area (Å²) in [7, 11) is 1.91. The molecular formula is C25H20N6O2S. The van der Waals surface area contributed by atoms with Gasteiger partial charge in [-0.05, 0) is 6.07 Å². The van der Waals surface area contributed by atoms with Gasteiger partial charge in [-0.15, -0.1) is 0 Å². The van der Waals surface area contributed by atoms with Crippen LogP contribution in [0.15, 0.2) is 90.0 Å². The van der Waals surface area contributed by atoms with Crippen molar-refractivity contribution < 1.29 is 4.79 Å². The fourth-order valence-electron chi connectivity index (χ4n) is 3.52. The van der Waals surface area contributed by atoms with Gasteiger partial charge in [-0.2, -0.15) is 5.10 Å². The third-order valence-electron chi connectivity index (χ3n) is 5.17. The van der Waals surface area contributed by atoms with Crippen LogP contribution in [0.4, 0.5) is 5.13 Å². The summed E-state index contributed by atoms with van der Waals surface area (Å²) in [6.45, 7) is -0.225. The zero-order valence-corrected chi connectivity index (χ0v) is 19.1. The number of imidazole rings is 1. The lowest BCUT2D eigenvalue weighted by Gasteiger charge is -2.07. The molecule has 3 aromatic heterocycles. The third-order valence-corrected chi connectivity index (χ3v) is 6.14. The fourth-order valence-corrected chi connectivity index (χ4v) is 4.56. The van der Waals surface area contributed by atoms with Crippen LogP contribution in [0.25, 0.3) is 33.2 Å². The Labute approximate surface area is 199 Å². The minimum Gasteiger partial charge on any atom is -0.333 e. The van der Waals surface area contributed by atoms with E-state index in [1.165, 1.54) is 17.4 Å². The predicted molar refractivity (Wildman–Crippen MR) is 132 cm³/mol. The Balaban J connectivity index is 1.42. The summed E-state index contributed by atoms with van der Waals surface area (Å²) in [5, 5.41) is 7.61. The summed E-state index contributed by atoms with van der Waals surface area (Å²) in [6, 6.07) is 22.3. The minimum atomic E-state index is -0.389. The molecule has 1 N–H and O–H groups in total. The molecular weight excluding hydrogens is 448 g/mol. The molecule has 5 rings (SSSR count). The van der Waals surface area contributed by atoms with Gasteiger partial charge < -0.3 is 9.88 Å². The largest absolute Gasteiger partial charge is 0.333 e. The monoisotopic (exact) mass is 468 g/mol. The Hall–Kier alpha value is -4.37. The first-order valence-electron chi connectivity index (χ1n) is 10.6. The van der Waals surface area contributed by atoms with Crippen LogP contribution in [0.1, 0.15) is 0 Å². The standard InChI is InChI=1S/C25H20N6O2S/c1-30-15-14-26-24(30)23-22(18-10-6-3-7-11-18)28-25(34-23)27-20(32)16-31-21(33)13-12-19(29-31)17-8-4-2-5-9-17/h2-15H,16H2,1H3,(H,27,28,32). The van der Waals surface area contributed by atoms with Gasteiger partial charge in [0.25, 0.3) is 5.56 Å². The van der Waals surface area contributed by atoms with Crippen molar-refractivity contribution in [3.8, 4) is 33.2 Å². The van der Waals surface area contributed by atoms with E-state index >= 15 is 0 Å². The van der Waals surface area contributed by atoms with E-state index in [4.69, 9.17) is 0 Å². The van der Waals surface area contributed by atoms with Crippen molar-refractivity contribution in [3.63, 3.8) is 0 Å². The summed E-state index contributed by atoms with van der Waals surface area (Å²) in [4.78, 5) is 35.1. The van der Waals surface area contributed by atoms with E-state index in [1.807, 2.05) is 78.5 Å². The first-order valence-corrected chi connectivity index (χ1v) is 11.4. The molecule has 9 heteroatoms. The van der Waals surface area contributed by atoms with Crippen LogP contribution in [0.5, 0.6) is 0 Å². The average molecular weight is 469 g/mol. The Morgan fingerprint density at radius 3 is 2.35 bits per heavy atom. The highest BCUT2D eigenvalue weighted by molar-refractivity contribution is 7.19. The highest BCUT2D eigenvalue weighted by Crippen LogP contribution is 2.38. The second-order valence-corrected chi connectivity index (χ2v) is 8.55. The topological polar surface area (TPSA) is 94.7 Å². The van der Waals surface area contributed by atoms with Crippen molar-refractivity contribution in [2.24, 2.45) is 7.05 Å². The molecule has 168 valence electrons. The lowest BCUT2D eigenvalue weighted by Crippen LogP contribution is -2.29. The van der Waals surface area contributed by atoms with Gasteiger partial charge in [0.05, 0.1) is 16.3 Å². The number of hydrogen-bond acceptors (Lipinski definition) is 6. The van der Waals surface area contributed by atoms with Gasteiger partial charge in [-0.25, -0.2) is 14.6 Å². The van der Waals surface area contributed by atoms with Crippen LogP contribution in [-0.2, 0) is 18.4 Å². The summed E-state index contributed by atoms with van der Waals surface area (Å²) in [5.41, 5.74) is 2.78. The van der Waals surface area contributed by atoms with Gasteiger partial charge >= 0.3 is 0 Å². The van der Waals surface area contributed by atoms with E-state index in [1.54, 1.807) is 12.3 Å². The molecule has 0 unspecified atom stereocenters. The molecule has 8 nitrogen and oxygen atoms in total. The van der Waals surface area contributed by atoms with Crippen LogP contribution >= 0.6 is 11.3 Å². The highest BCUT2D eigenvalue weighted by Gasteiger charge is 2.19. The number of hydrogen-bond donors (Lipinski definition) is 1. The van der Waals surface area contributed by atoms with E-state index < -0.39 is 0 Å². The zero-order valence-electron chi connectivity index (χ0n) is 18.3. The van der Waals surface area contributed by atoms with Crippen molar-refractivity contribution in [1.82, 2.24) is 24.3 Å². The summed E-state index contributed by atoms with van der Waals surface area (Å²) in [5.74, 6) is 0.366. The van der Waals surface area contributed by atoms with Gasteiger partial charge in [0.1, 0.15) is 6.54 Å². The number of amides is 1. The molecule has 0 saturated carbocycles. The summed E-state index contributed by atoms with van der Waals surface area (Å²) >= 11 is 1.34. The van der Waals surface area contributed by atoms with E-state index in [9.17, 15) is 9.59 Å². The molecule has 34 heavy (non-hydrogen) atoms. The number of nitrogens with zero attached hydrogens (tertiary/aromatic N) is 5. The van der Waals surface area contributed by atoms with Crippen LogP contribution < -0.4 is 10.9 Å². The van der Waals surface area contributed by atoms with Crippen LogP contribution in [0.2, 0.25) is 0 Å². The number of anilines is 1. The molecule has 5 aromatic rings. The van der Waals surface area contributed by atoms with Gasteiger partial charge in [0.2, 0.25) is 5.91 Å². The molecule has 0 fully saturated rings.